The maximum Gasteiger partial charge on any atom is 0.243 e. The summed E-state index contributed by atoms with van der Waals surface area (Å²) in [5, 5.41) is 0. The molecular weight excluding hydrogens is 256 g/mol. The van der Waals surface area contributed by atoms with E-state index >= 15 is 0 Å². The first-order valence-corrected chi connectivity index (χ1v) is 6.95. The van der Waals surface area contributed by atoms with Gasteiger partial charge in [0.2, 0.25) is 11.8 Å². The summed E-state index contributed by atoms with van der Waals surface area (Å²) in [6, 6.07) is 3.49. The molecule has 0 aromatic carbocycles. The second kappa shape index (κ2) is 3.47. The first-order chi connectivity index (χ1) is 9.51. The van der Waals surface area contributed by atoms with Gasteiger partial charge in [-0.3, -0.25) is 14.6 Å². The number of rotatable bonds is 1. The fraction of sp³-hybridized carbons (Fsp3) is 0.533. The molecule has 20 heavy (non-hydrogen) atoms. The van der Waals surface area contributed by atoms with Crippen molar-refractivity contribution in [3.8, 4) is 0 Å². The molecule has 0 unspecified atom stereocenters. The van der Waals surface area contributed by atoms with Gasteiger partial charge in [-0.15, -0.1) is 0 Å². The lowest BCUT2D eigenvalue weighted by Crippen LogP contribution is -2.48. The molecule has 5 nitrogen and oxygen atoms in total. The van der Waals surface area contributed by atoms with E-state index in [-0.39, 0.29) is 24.0 Å². The van der Waals surface area contributed by atoms with Gasteiger partial charge in [-0.2, -0.15) is 0 Å². The molecule has 3 aliphatic heterocycles. The quantitative estimate of drug-likeness (QED) is 0.727. The highest BCUT2D eigenvalue weighted by atomic mass is 16.5. The Hall–Kier alpha value is -1.75. The summed E-state index contributed by atoms with van der Waals surface area (Å²) in [4.78, 5) is 31.1. The van der Waals surface area contributed by atoms with E-state index < -0.39 is 10.8 Å². The molecule has 104 valence electrons. The van der Waals surface area contributed by atoms with Gasteiger partial charge in [0.1, 0.15) is 0 Å². The van der Waals surface area contributed by atoms with E-state index in [0.29, 0.717) is 5.69 Å². The third kappa shape index (κ3) is 1.04. The van der Waals surface area contributed by atoms with Crippen LogP contribution in [-0.2, 0) is 14.3 Å². The molecule has 4 heterocycles. The van der Waals surface area contributed by atoms with Crippen LogP contribution in [-0.4, -0.2) is 29.0 Å². The zero-order valence-electron chi connectivity index (χ0n) is 11.5. The average Bonchev–Trinajstić information content (AvgIpc) is 3.06. The van der Waals surface area contributed by atoms with Crippen LogP contribution in [0.25, 0.3) is 0 Å². The van der Waals surface area contributed by atoms with Crippen molar-refractivity contribution in [3.05, 3.63) is 24.5 Å². The molecular formula is C15H16N2O3. The number of aromatic nitrogens is 1. The van der Waals surface area contributed by atoms with E-state index in [4.69, 9.17) is 4.74 Å². The summed E-state index contributed by atoms with van der Waals surface area (Å²) >= 11 is 0. The lowest BCUT2D eigenvalue weighted by molar-refractivity contribution is -0.132. The molecule has 5 heteroatoms. The van der Waals surface area contributed by atoms with Crippen LogP contribution in [0.15, 0.2) is 24.5 Å². The summed E-state index contributed by atoms with van der Waals surface area (Å²) in [5.74, 6) is -0.296. The number of fused-ring (bicyclic) bond motifs is 5. The number of imide groups is 1. The van der Waals surface area contributed by atoms with Crippen LogP contribution in [0.1, 0.15) is 26.7 Å². The van der Waals surface area contributed by atoms with Gasteiger partial charge in [0, 0.05) is 6.20 Å². The Labute approximate surface area is 116 Å². The van der Waals surface area contributed by atoms with Crippen molar-refractivity contribution in [1.29, 1.82) is 0 Å². The van der Waals surface area contributed by atoms with Crippen molar-refractivity contribution in [2.45, 2.75) is 38.9 Å². The van der Waals surface area contributed by atoms with Gasteiger partial charge in [-0.25, -0.2) is 4.90 Å². The van der Waals surface area contributed by atoms with E-state index in [1.807, 2.05) is 13.8 Å². The highest BCUT2D eigenvalue weighted by Crippen LogP contribution is 2.64. The van der Waals surface area contributed by atoms with Crippen LogP contribution in [0.3, 0.4) is 0 Å². The second-order valence-corrected chi connectivity index (χ2v) is 6.25. The Bertz CT molecular complexity index is 583. The predicted molar refractivity (Wildman–Crippen MR) is 70.8 cm³/mol. The smallest absolute Gasteiger partial charge is 0.243 e. The highest BCUT2D eigenvalue weighted by molar-refractivity contribution is 6.26. The van der Waals surface area contributed by atoms with Crippen LogP contribution in [0.2, 0.25) is 0 Å². The zero-order valence-corrected chi connectivity index (χ0v) is 11.5. The Morgan fingerprint density at radius 3 is 2.30 bits per heavy atom. The summed E-state index contributed by atoms with van der Waals surface area (Å²) in [6.07, 6.45) is 4.62. The average molecular weight is 272 g/mol. The molecule has 3 saturated heterocycles. The number of amides is 2. The molecule has 1 aromatic heterocycles. The normalized spacial score (nSPS) is 42.4. The molecule has 0 N–H and O–H groups in total. The van der Waals surface area contributed by atoms with Crippen molar-refractivity contribution in [2.75, 3.05) is 4.90 Å². The van der Waals surface area contributed by atoms with E-state index in [2.05, 4.69) is 4.98 Å². The van der Waals surface area contributed by atoms with Crippen LogP contribution in [0, 0.1) is 10.8 Å². The minimum absolute atomic E-state index is 0.143. The number of carbonyl (C=O) groups excluding carboxylic acids is 2. The number of hydrogen-bond acceptors (Lipinski definition) is 4. The van der Waals surface area contributed by atoms with Crippen molar-refractivity contribution in [3.63, 3.8) is 0 Å². The lowest BCUT2D eigenvalue weighted by atomic mass is 9.59. The number of hydrogen-bond donors (Lipinski definition) is 0. The topological polar surface area (TPSA) is 59.5 Å². The molecule has 3 aliphatic rings. The minimum Gasteiger partial charge on any atom is -0.373 e. The molecule has 0 saturated carbocycles. The van der Waals surface area contributed by atoms with Gasteiger partial charge in [0.05, 0.1) is 34.9 Å². The highest BCUT2D eigenvalue weighted by Gasteiger charge is 2.77. The molecule has 1 aromatic rings. The third-order valence-corrected chi connectivity index (χ3v) is 5.59. The van der Waals surface area contributed by atoms with Crippen molar-refractivity contribution in [1.82, 2.24) is 4.98 Å². The van der Waals surface area contributed by atoms with Gasteiger partial charge >= 0.3 is 0 Å². The monoisotopic (exact) mass is 272 g/mol. The molecule has 0 aliphatic carbocycles. The van der Waals surface area contributed by atoms with Crippen LogP contribution in [0.4, 0.5) is 5.69 Å². The Morgan fingerprint density at radius 2 is 1.80 bits per heavy atom. The van der Waals surface area contributed by atoms with Gasteiger partial charge in [-0.05, 0) is 38.8 Å². The van der Waals surface area contributed by atoms with E-state index in [1.165, 1.54) is 4.90 Å². The first kappa shape index (κ1) is 12.0. The Balaban J connectivity index is 1.88. The number of anilines is 1. The molecule has 3 fully saturated rings. The summed E-state index contributed by atoms with van der Waals surface area (Å²) in [5.41, 5.74) is -0.940. The number of carbonyl (C=O) groups is 2. The first-order valence-electron chi connectivity index (χ1n) is 6.95. The molecule has 4 atom stereocenters. The second-order valence-electron chi connectivity index (χ2n) is 6.25. The van der Waals surface area contributed by atoms with Crippen molar-refractivity contribution >= 4 is 17.5 Å². The maximum atomic E-state index is 12.9. The van der Waals surface area contributed by atoms with Gasteiger partial charge in [0.15, 0.2) is 0 Å². The molecule has 4 rings (SSSR count). The third-order valence-electron chi connectivity index (χ3n) is 5.59. The molecule has 2 amide bonds. The molecule has 0 radical (unpaired) electrons. The predicted octanol–water partition coefficient (Wildman–Crippen LogP) is 1.53. The van der Waals surface area contributed by atoms with Crippen molar-refractivity contribution < 1.29 is 14.3 Å². The van der Waals surface area contributed by atoms with Crippen LogP contribution < -0.4 is 4.90 Å². The summed E-state index contributed by atoms with van der Waals surface area (Å²) < 4.78 is 5.89. The van der Waals surface area contributed by atoms with Gasteiger partial charge < -0.3 is 4.74 Å². The number of ether oxygens (including phenoxy) is 1. The van der Waals surface area contributed by atoms with Gasteiger partial charge in [-0.1, -0.05) is 0 Å². The largest absolute Gasteiger partial charge is 0.373 e. The summed E-state index contributed by atoms with van der Waals surface area (Å²) in [6.45, 7) is 3.76. The SMILES string of the molecule is C[C@@]12C(=O)N(c3cccnc3)C(=O)[C@]1(C)[C@H]1CC[C@@H]2O1. The fourth-order valence-electron chi connectivity index (χ4n) is 4.15. The van der Waals surface area contributed by atoms with Crippen LogP contribution >= 0.6 is 0 Å². The number of pyridine rings is 1. The van der Waals surface area contributed by atoms with Crippen molar-refractivity contribution in [2.24, 2.45) is 10.8 Å². The van der Waals surface area contributed by atoms with Gasteiger partial charge in [0.25, 0.3) is 0 Å². The van der Waals surface area contributed by atoms with E-state index in [0.717, 1.165) is 12.8 Å². The minimum atomic E-state index is -0.747. The standard InChI is InChI=1S/C15H16N2O3/c1-14-10-5-6-11(20-10)15(14,2)13(19)17(12(14)18)9-4-3-7-16-8-9/h3-4,7-8,10-11H,5-6H2,1-2H3/t10-,11+,14+,15-. The number of nitrogens with zero attached hydrogens (tertiary/aromatic N) is 2. The van der Waals surface area contributed by atoms with Crippen LogP contribution in [0.5, 0.6) is 0 Å². The lowest BCUT2D eigenvalue weighted by Gasteiger charge is -2.36. The molecule has 2 bridgehead atoms. The Kier molecular flexibility index (Phi) is 2.08. The summed E-state index contributed by atoms with van der Waals surface area (Å²) in [7, 11) is 0. The van der Waals surface area contributed by atoms with E-state index in [9.17, 15) is 9.59 Å². The molecule has 0 spiro atoms. The Morgan fingerprint density at radius 1 is 1.20 bits per heavy atom. The zero-order chi connectivity index (χ0) is 14.1. The maximum absolute atomic E-state index is 12.9. The fourth-order valence-corrected chi connectivity index (χ4v) is 4.15. The van der Waals surface area contributed by atoms with E-state index in [1.54, 1.807) is 24.5 Å².